The number of benzene rings is 1. The standard InChI is InChI=1S/C12H16O/c1-5-6-13-12-10(3)7-9(2)8-11(12)4/h5-8H,1-4H3/b6-5-. The lowest BCUT2D eigenvalue weighted by atomic mass is 10.1. The quantitative estimate of drug-likeness (QED) is 0.626. The third kappa shape index (κ3) is 2.35. The molecule has 0 heterocycles. The number of aryl methyl sites for hydroxylation is 3. The molecular weight excluding hydrogens is 160 g/mol. The predicted molar refractivity (Wildman–Crippen MR) is 56.1 cm³/mol. The van der Waals surface area contributed by atoms with Crippen LogP contribution in [0.25, 0.3) is 0 Å². The summed E-state index contributed by atoms with van der Waals surface area (Å²) in [7, 11) is 0. The van der Waals surface area contributed by atoms with Gasteiger partial charge in [-0.15, -0.1) is 0 Å². The lowest BCUT2D eigenvalue weighted by Crippen LogP contribution is -1.91. The summed E-state index contributed by atoms with van der Waals surface area (Å²) in [4.78, 5) is 0. The van der Waals surface area contributed by atoms with Crippen LogP contribution < -0.4 is 4.74 Å². The fourth-order valence-electron chi connectivity index (χ4n) is 1.49. The molecule has 1 nitrogen and oxygen atoms in total. The first kappa shape index (κ1) is 9.85. The Labute approximate surface area is 80.0 Å². The minimum absolute atomic E-state index is 0.976. The zero-order valence-electron chi connectivity index (χ0n) is 8.72. The Morgan fingerprint density at radius 1 is 1.08 bits per heavy atom. The molecule has 0 radical (unpaired) electrons. The van der Waals surface area contributed by atoms with Gasteiger partial charge in [0.1, 0.15) is 5.75 Å². The third-order valence-electron chi connectivity index (χ3n) is 1.93. The Balaban J connectivity index is 3.05. The number of hydrogen-bond donors (Lipinski definition) is 0. The van der Waals surface area contributed by atoms with Crippen molar-refractivity contribution in [2.45, 2.75) is 27.7 Å². The molecule has 0 aliphatic heterocycles. The lowest BCUT2D eigenvalue weighted by molar-refractivity contribution is 0.472. The molecule has 0 unspecified atom stereocenters. The number of ether oxygens (including phenoxy) is 1. The van der Waals surface area contributed by atoms with Crippen molar-refractivity contribution >= 4 is 0 Å². The Morgan fingerprint density at radius 2 is 1.62 bits per heavy atom. The van der Waals surface area contributed by atoms with Crippen molar-refractivity contribution in [2.24, 2.45) is 0 Å². The smallest absolute Gasteiger partial charge is 0.132 e. The highest BCUT2D eigenvalue weighted by atomic mass is 16.5. The second kappa shape index (κ2) is 4.13. The molecule has 0 aromatic heterocycles. The van der Waals surface area contributed by atoms with Crippen LogP contribution in [-0.2, 0) is 0 Å². The molecule has 0 atom stereocenters. The molecule has 0 saturated carbocycles. The molecule has 0 spiro atoms. The van der Waals surface area contributed by atoms with Gasteiger partial charge in [0.15, 0.2) is 0 Å². The molecule has 1 aromatic carbocycles. The van der Waals surface area contributed by atoms with Crippen molar-refractivity contribution in [1.82, 2.24) is 0 Å². The van der Waals surface area contributed by atoms with Gasteiger partial charge in [-0.3, -0.25) is 0 Å². The van der Waals surface area contributed by atoms with E-state index in [4.69, 9.17) is 4.74 Å². The molecule has 0 N–H and O–H groups in total. The van der Waals surface area contributed by atoms with E-state index < -0.39 is 0 Å². The molecular formula is C12H16O. The van der Waals surface area contributed by atoms with Crippen LogP contribution in [-0.4, -0.2) is 0 Å². The van der Waals surface area contributed by atoms with E-state index in [1.165, 1.54) is 16.7 Å². The van der Waals surface area contributed by atoms with Crippen LogP contribution in [0.5, 0.6) is 5.75 Å². The first-order valence-corrected chi connectivity index (χ1v) is 4.51. The normalized spacial score (nSPS) is 10.8. The summed E-state index contributed by atoms with van der Waals surface area (Å²) >= 11 is 0. The van der Waals surface area contributed by atoms with E-state index in [0.717, 1.165) is 5.75 Å². The number of rotatable bonds is 2. The summed E-state index contributed by atoms with van der Waals surface area (Å²) < 4.78 is 5.49. The summed E-state index contributed by atoms with van der Waals surface area (Å²) in [6.45, 7) is 8.18. The van der Waals surface area contributed by atoms with Gasteiger partial charge < -0.3 is 4.74 Å². The van der Waals surface area contributed by atoms with Crippen molar-refractivity contribution in [3.63, 3.8) is 0 Å². The Bertz CT molecular complexity index is 301. The maximum Gasteiger partial charge on any atom is 0.132 e. The molecule has 1 aromatic rings. The van der Waals surface area contributed by atoms with Gasteiger partial charge in [-0.2, -0.15) is 0 Å². The zero-order valence-corrected chi connectivity index (χ0v) is 8.72. The van der Waals surface area contributed by atoms with Crippen LogP contribution in [0.3, 0.4) is 0 Å². The van der Waals surface area contributed by atoms with E-state index in [0.29, 0.717) is 0 Å². The van der Waals surface area contributed by atoms with Gasteiger partial charge in [0.05, 0.1) is 6.26 Å². The molecule has 0 bridgehead atoms. The molecule has 1 rings (SSSR count). The monoisotopic (exact) mass is 176 g/mol. The summed E-state index contributed by atoms with van der Waals surface area (Å²) in [6.07, 6.45) is 3.60. The number of allylic oxidation sites excluding steroid dienone is 1. The minimum atomic E-state index is 0.976. The largest absolute Gasteiger partial charge is 0.465 e. The first-order chi connectivity index (χ1) is 6.15. The average Bonchev–Trinajstić information content (AvgIpc) is 2.02. The van der Waals surface area contributed by atoms with Gasteiger partial charge in [-0.25, -0.2) is 0 Å². The van der Waals surface area contributed by atoms with Gasteiger partial charge in [0.2, 0.25) is 0 Å². The maximum absolute atomic E-state index is 5.49. The SMILES string of the molecule is C/C=C\Oc1c(C)cc(C)cc1C. The van der Waals surface area contributed by atoms with Gasteiger partial charge in [-0.1, -0.05) is 23.8 Å². The minimum Gasteiger partial charge on any atom is -0.465 e. The summed E-state index contributed by atoms with van der Waals surface area (Å²) in [5.41, 5.74) is 3.66. The van der Waals surface area contributed by atoms with Gasteiger partial charge >= 0.3 is 0 Å². The Hall–Kier alpha value is -1.24. The maximum atomic E-state index is 5.49. The van der Waals surface area contributed by atoms with Crippen LogP contribution >= 0.6 is 0 Å². The van der Waals surface area contributed by atoms with E-state index in [1.54, 1.807) is 6.26 Å². The topological polar surface area (TPSA) is 9.23 Å². The van der Waals surface area contributed by atoms with Crippen LogP contribution in [0.4, 0.5) is 0 Å². The van der Waals surface area contributed by atoms with Crippen molar-refractivity contribution in [1.29, 1.82) is 0 Å². The fourth-order valence-corrected chi connectivity index (χ4v) is 1.49. The van der Waals surface area contributed by atoms with Crippen LogP contribution in [0.1, 0.15) is 23.6 Å². The lowest BCUT2D eigenvalue weighted by Gasteiger charge is -2.09. The summed E-state index contributed by atoms with van der Waals surface area (Å²) in [5, 5.41) is 0. The van der Waals surface area contributed by atoms with E-state index in [2.05, 4.69) is 32.9 Å². The van der Waals surface area contributed by atoms with Gasteiger partial charge in [0.25, 0.3) is 0 Å². The van der Waals surface area contributed by atoms with Crippen molar-refractivity contribution < 1.29 is 4.74 Å². The molecule has 0 saturated heterocycles. The molecule has 13 heavy (non-hydrogen) atoms. The fraction of sp³-hybridized carbons (Fsp3) is 0.333. The van der Waals surface area contributed by atoms with Crippen molar-refractivity contribution in [2.75, 3.05) is 0 Å². The van der Waals surface area contributed by atoms with Gasteiger partial charge in [-0.05, 0) is 38.8 Å². The van der Waals surface area contributed by atoms with Crippen LogP contribution in [0, 0.1) is 20.8 Å². The molecule has 1 heteroatoms. The highest BCUT2D eigenvalue weighted by Crippen LogP contribution is 2.24. The molecule has 0 aliphatic rings. The molecule has 0 fully saturated rings. The Kier molecular flexibility index (Phi) is 3.13. The molecule has 70 valence electrons. The van der Waals surface area contributed by atoms with E-state index in [-0.39, 0.29) is 0 Å². The molecule has 0 aliphatic carbocycles. The second-order valence-electron chi connectivity index (χ2n) is 3.32. The average molecular weight is 176 g/mol. The third-order valence-corrected chi connectivity index (χ3v) is 1.93. The van der Waals surface area contributed by atoms with Gasteiger partial charge in [0, 0.05) is 0 Å². The van der Waals surface area contributed by atoms with Crippen molar-refractivity contribution in [3.05, 3.63) is 41.2 Å². The van der Waals surface area contributed by atoms with Crippen molar-refractivity contribution in [3.8, 4) is 5.75 Å². The summed E-state index contributed by atoms with van der Waals surface area (Å²) in [6, 6.07) is 4.26. The summed E-state index contributed by atoms with van der Waals surface area (Å²) in [5.74, 6) is 0.976. The van der Waals surface area contributed by atoms with E-state index in [1.807, 2.05) is 13.0 Å². The van der Waals surface area contributed by atoms with Crippen LogP contribution in [0.2, 0.25) is 0 Å². The highest BCUT2D eigenvalue weighted by molar-refractivity contribution is 5.43. The zero-order chi connectivity index (χ0) is 9.84. The first-order valence-electron chi connectivity index (χ1n) is 4.51. The van der Waals surface area contributed by atoms with Crippen LogP contribution in [0.15, 0.2) is 24.5 Å². The van der Waals surface area contributed by atoms with E-state index >= 15 is 0 Å². The highest BCUT2D eigenvalue weighted by Gasteiger charge is 2.02. The second-order valence-corrected chi connectivity index (χ2v) is 3.32. The number of hydrogen-bond acceptors (Lipinski definition) is 1. The Morgan fingerprint density at radius 3 is 2.08 bits per heavy atom. The van der Waals surface area contributed by atoms with E-state index in [9.17, 15) is 0 Å². The predicted octanol–water partition coefficient (Wildman–Crippen LogP) is 3.52. The molecule has 0 amide bonds.